The van der Waals surface area contributed by atoms with Gasteiger partial charge in [-0.3, -0.25) is 0 Å². The van der Waals surface area contributed by atoms with Crippen molar-refractivity contribution in [3.8, 4) is 0 Å². The fourth-order valence-corrected chi connectivity index (χ4v) is 2.74. The standard InChI is InChI=1S/C12H19N3OS/c16-12(15-10-4-2-1-3-5-10)13-7-6-11-8-17-9-14-11/h8-10H,1-7H2,(H2,13,15,16). The van der Waals surface area contributed by atoms with Crippen LogP contribution in [0.1, 0.15) is 37.8 Å². The van der Waals surface area contributed by atoms with Crippen molar-refractivity contribution in [3.05, 3.63) is 16.6 Å². The molecular formula is C12H19N3OS. The van der Waals surface area contributed by atoms with Crippen molar-refractivity contribution in [1.82, 2.24) is 15.6 Å². The van der Waals surface area contributed by atoms with Crippen LogP contribution in [-0.2, 0) is 6.42 Å². The molecule has 0 bridgehead atoms. The van der Waals surface area contributed by atoms with Crippen molar-refractivity contribution < 1.29 is 4.79 Å². The molecule has 1 aromatic heterocycles. The monoisotopic (exact) mass is 253 g/mol. The van der Waals surface area contributed by atoms with Crippen LogP contribution >= 0.6 is 11.3 Å². The number of carbonyl (C=O) groups excluding carboxylic acids is 1. The van der Waals surface area contributed by atoms with Gasteiger partial charge >= 0.3 is 6.03 Å². The lowest BCUT2D eigenvalue weighted by Crippen LogP contribution is -2.43. The maximum atomic E-state index is 11.6. The third-order valence-electron chi connectivity index (χ3n) is 3.09. The summed E-state index contributed by atoms with van der Waals surface area (Å²) in [6.07, 6.45) is 6.85. The first-order valence-electron chi connectivity index (χ1n) is 6.26. The summed E-state index contributed by atoms with van der Waals surface area (Å²) in [5, 5.41) is 7.93. The highest BCUT2D eigenvalue weighted by Gasteiger charge is 2.14. The Hall–Kier alpha value is -1.10. The lowest BCUT2D eigenvalue weighted by Gasteiger charge is -2.22. The minimum absolute atomic E-state index is 0.0351. The van der Waals surface area contributed by atoms with Crippen molar-refractivity contribution in [1.29, 1.82) is 0 Å². The number of carbonyl (C=O) groups is 1. The van der Waals surface area contributed by atoms with Gasteiger partial charge in [-0.2, -0.15) is 0 Å². The number of nitrogens with one attached hydrogen (secondary N) is 2. The molecule has 0 spiro atoms. The normalized spacial score (nSPS) is 16.7. The minimum Gasteiger partial charge on any atom is -0.338 e. The largest absolute Gasteiger partial charge is 0.338 e. The molecule has 0 unspecified atom stereocenters. The number of aromatic nitrogens is 1. The fraction of sp³-hybridized carbons (Fsp3) is 0.667. The van der Waals surface area contributed by atoms with Gasteiger partial charge in [0.2, 0.25) is 0 Å². The Morgan fingerprint density at radius 2 is 2.24 bits per heavy atom. The quantitative estimate of drug-likeness (QED) is 0.865. The van der Waals surface area contributed by atoms with Gasteiger partial charge in [-0.25, -0.2) is 9.78 Å². The second-order valence-corrected chi connectivity index (χ2v) is 5.18. The van der Waals surface area contributed by atoms with E-state index in [0.717, 1.165) is 25.0 Å². The van der Waals surface area contributed by atoms with Crippen molar-refractivity contribution in [2.75, 3.05) is 6.54 Å². The summed E-state index contributed by atoms with van der Waals surface area (Å²) in [6, 6.07) is 0.343. The van der Waals surface area contributed by atoms with E-state index in [0.29, 0.717) is 12.6 Å². The summed E-state index contributed by atoms with van der Waals surface area (Å²) in [4.78, 5) is 15.8. The first-order valence-corrected chi connectivity index (χ1v) is 7.20. The van der Waals surface area contributed by atoms with Gasteiger partial charge in [-0.15, -0.1) is 11.3 Å². The summed E-state index contributed by atoms with van der Waals surface area (Å²) in [5.74, 6) is 0. The van der Waals surface area contributed by atoms with Gasteiger partial charge in [0.15, 0.2) is 0 Å². The number of urea groups is 1. The summed E-state index contributed by atoms with van der Waals surface area (Å²) < 4.78 is 0. The van der Waals surface area contributed by atoms with Crippen LogP contribution in [0.4, 0.5) is 4.79 Å². The van der Waals surface area contributed by atoms with E-state index in [-0.39, 0.29) is 6.03 Å². The van der Waals surface area contributed by atoms with E-state index in [1.165, 1.54) is 19.3 Å². The predicted molar refractivity (Wildman–Crippen MR) is 69.2 cm³/mol. The minimum atomic E-state index is -0.0351. The Morgan fingerprint density at radius 3 is 2.94 bits per heavy atom. The van der Waals surface area contributed by atoms with Gasteiger partial charge in [0, 0.05) is 24.4 Å². The molecule has 1 aliphatic rings. The van der Waals surface area contributed by atoms with Crippen LogP contribution in [0.5, 0.6) is 0 Å². The molecule has 2 N–H and O–H groups in total. The van der Waals surface area contributed by atoms with Gasteiger partial charge in [0.1, 0.15) is 0 Å². The molecule has 17 heavy (non-hydrogen) atoms. The third kappa shape index (κ3) is 4.34. The lowest BCUT2D eigenvalue weighted by atomic mass is 9.96. The van der Waals surface area contributed by atoms with Crippen molar-refractivity contribution in [2.45, 2.75) is 44.6 Å². The zero-order valence-electron chi connectivity index (χ0n) is 9.95. The molecule has 0 saturated heterocycles. The number of thiazole rings is 1. The van der Waals surface area contributed by atoms with Crippen LogP contribution < -0.4 is 10.6 Å². The third-order valence-corrected chi connectivity index (χ3v) is 3.73. The molecule has 1 aliphatic carbocycles. The van der Waals surface area contributed by atoms with Gasteiger partial charge in [-0.1, -0.05) is 19.3 Å². The molecule has 2 rings (SSSR count). The van der Waals surface area contributed by atoms with Crippen LogP contribution in [0.2, 0.25) is 0 Å². The summed E-state index contributed by atoms with van der Waals surface area (Å²) >= 11 is 1.59. The van der Waals surface area contributed by atoms with Crippen LogP contribution in [0.15, 0.2) is 10.9 Å². The Morgan fingerprint density at radius 1 is 1.41 bits per heavy atom. The number of hydrogen-bond acceptors (Lipinski definition) is 3. The molecule has 1 aromatic rings. The summed E-state index contributed by atoms with van der Waals surface area (Å²) in [7, 11) is 0. The molecule has 0 radical (unpaired) electrons. The smallest absolute Gasteiger partial charge is 0.315 e. The van der Waals surface area contributed by atoms with Crippen molar-refractivity contribution in [3.63, 3.8) is 0 Å². The average molecular weight is 253 g/mol. The van der Waals surface area contributed by atoms with E-state index < -0.39 is 0 Å². The summed E-state index contributed by atoms with van der Waals surface area (Å²) in [6.45, 7) is 0.655. The Bertz CT molecular complexity index is 334. The average Bonchev–Trinajstić information content (AvgIpc) is 2.83. The topological polar surface area (TPSA) is 54.0 Å². The molecule has 1 saturated carbocycles. The van der Waals surface area contributed by atoms with E-state index in [4.69, 9.17) is 0 Å². The molecule has 1 fully saturated rings. The zero-order chi connectivity index (χ0) is 11.9. The van der Waals surface area contributed by atoms with Crippen LogP contribution in [0, 0.1) is 0 Å². The lowest BCUT2D eigenvalue weighted by molar-refractivity contribution is 0.233. The molecule has 1 heterocycles. The van der Waals surface area contributed by atoms with E-state index in [9.17, 15) is 4.79 Å². The Labute approximate surface area is 106 Å². The highest BCUT2D eigenvalue weighted by atomic mass is 32.1. The van der Waals surface area contributed by atoms with E-state index in [1.54, 1.807) is 11.3 Å². The highest BCUT2D eigenvalue weighted by molar-refractivity contribution is 7.07. The first-order chi connectivity index (χ1) is 8.34. The van der Waals surface area contributed by atoms with Crippen molar-refractivity contribution >= 4 is 17.4 Å². The molecule has 4 nitrogen and oxygen atoms in total. The fourth-order valence-electron chi connectivity index (χ4n) is 2.15. The molecule has 0 aliphatic heterocycles. The Kier molecular flexibility index (Phi) is 4.79. The molecular weight excluding hydrogens is 234 g/mol. The SMILES string of the molecule is O=C(NCCc1cscn1)NC1CCCCC1. The van der Waals surface area contributed by atoms with E-state index >= 15 is 0 Å². The zero-order valence-corrected chi connectivity index (χ0v) is 10.8. The second kappa shape index (κ2) is 6.59. The van der Waals surface area contributed by atoms with Gasteiger partial charge in [-0.05, 0) is 12.8 Å². The number of hydrogen-bond donors (Lipinski definition) is 2. The number of nitrogens with zero attached hydrogens (tertiary/aromatic N) is 1. The molecule has 5 heteroatoms. The predicted octanol–water partition coefficient (Wildman–Crippen LogP) is 2.32. The maximum absolute atomic E-state index is 11.6. The van der Waals surface area contributed by atoms with Gasteiger partial charge in [0.05, 0.1) is 11.2 Å². The van der Waals surface area contributed by atoms with Crippen LogP contribution in [-0.4, -0.2) is 23.6 Å². The first kappa shape index (κ1) is 12.4. The molecule has 0 aromatic carbocycles. The second-order valence-electron chi connectivity index (χ2n) is 4.46. The van der Waals surface area contributed by atoms with Gasteiger partial charge in [0.25, 0.3) is 0 Å². The molecule has 0 atom stereocenters. The summed E-state index contributed by atoms with van der Waals surface area (Å²) in [5.41, 5.74) is 2.87. The molecule has 2 amide bonds. The van der Waals surface area contributed by atoms with Crippen LogP contribution in [0.25, 0.3) is 0 Å². The highest BCUT2D eigenvalue weighted by Crippen LogP contribution is 2.17. The number of amides is 2. The Balaban J connectivity index is 1.60. The van der Waals surface area contributed by atoms with Crippen LogP contribution in [0.3, 0.4) is 0 Å². The van der Waals surface area contributed by atoms with Gasteiger partial charge < -0.3 is 10.6 Å². The van der Waals surface area contributed by atoms with Crippen molar-refractivity contribution in [2.24, 2.45) is 0 Å². The molecule has 94 valence electrons. The number of rotatable bonds is 4. The van der Waals surface area contributed by atoms with E-state index in [1.807, 2.05) is 10.9 Å². The maximum Gasteiger partial charge on any atom is 0.315 e. The van der Waals surface area contributed by atoms with E-state index in [2.05, 4.69) is 15.6 Å².